The number of hydrogen-bond donors (Lipinski definition) is 0. The number of benzene rings is 13. The summed E-state index contributed by atoms with van der Waals surface area (Å²) in [5.74, 6) is -3.52. The van der Waals surface area contributed by atoms with Gasteiger partial charge in [-0.3, -0.25) is 48.4 Å². The van der Waals surface area contributed by atoms with Crippen LogP contribution in [-0.2, 0) is 38.0 Å². The summed E-state index contributed by atoms with van der Waals surface area (Å²) < 4.78 is 76.5. The highest BCUT2D eigenvalue weighted by molar-refractivity contribution is 6.45. The minimum absolute atomic E-state index is 0.0191. The average molecular weight is 1650 g/mol. The zero-order chi connectivity index (χ0) is 84.6. The molecule has 4 atom stereocenters. The Labute approximate surface area is 711 Å². The SMILES string of the molecule is COCC(C(=O)N(COC)c1cc(OCC2CO2)ccn1)N1C(=O)c2cc(Oc3cccc(-c4ccccc4)c3)c3c4c(Oc5cccc(-c6ccccc6)c5)cc5c6c(cc(Oc7cccc(-c8ccccc8)c7)c(c7c(Oc8cccc(-c9ccccc9)c8)cc(c2c37)C1=O)c64)C(=O)N(C(COC)C(=O)N(COC)c1cc(OCC2CO2)ccn1)C5=O. The van der Waals surface area contributed by atoms with Crippen molar-refractivity contribution in [1.29, 1.82) is 0 Å². The van der Waals surface area contributed by atoms with Crippen LogP contribution in [0.3, 0.4) is 0 Å². The van der Waals surface area contributed by atoms with Crippen molar-refractivity contribution in [3.05, 3.63) is 302 Å². The van der Waals surface area contributed by atoms with Gasteiger partial charge in [-0.05, 0) is 129 Å². The fourth-order valence-corrected chi connectivity index (χ4v) is 16.3. The van der Waals surface area contributed by atoms with Crippen molar-refractivity contribution in [3.63, 3.8) is 0 Å². The molecule has 0 bridgehead atoms. The van der Waals surface area contributed by atoms with Crippen LogP contribution in [0.2, 0.25) is 0 Å². The molecule has 6 amide bonds. The van der Waals surface area contributed by atoms with Gasteiger partial charge in [0.1, 0.15) is 120 Å². The van der Waals surface area contributed by atoms with Gasteiger partial charge in [-0.1, -0.05) is 170 Å². The summed E-state index contributed by atoms with van der Waals surface area (Å²) in [6, 6.07) is 77.3. The summed E-state index contributed by atoms with van der Waals surface area (Å²) in [5, 5.41) is 1.25. The molecule has 24 heteroatoms. The number of epoxide rings is 2. The second kappa shape index (κ2) is 34.0. The molecule has 2 fully saturated rings. The van der Waals surface area contributed by atoms with Crippen LogP contribution < -0.4 is 38.2 Å². The van der Waals surface area contributed by atoms with Gasteiger partial charge in [0.25, 0.3) is 35.4 Å². The molecule has 4 unspecified atom stereocenters. The van der Waals surface area contributed by atoms with Crippen LogP contribution in [0, 0.1) is 0 Å². The predicted molar refractivity (Wildman–Crippen MR) is 465 cm³/mol. The van der Waals surface area contributed by atoms with Gasteiger partial charge in [0, 0.05) is 96.1 Å². The summed E-state index contributed by atoms with van der Waals surface area (Å²) in [7, 11) is 5.50. The van der Waals surface area contributed by atoms with Crippen LogP contribution in [0.25, 0.3) is 87.6 Å². The number of nitrogens with zero attached hydrogens (tertiary/aromatic N) is 6. The third kappa shape index (κ3) is 15.3. The molecular formula is C100H78N6O18. The van der Waals surface area contributed by atoms with Crippen molar-refractivity contribution in [1.82, 2.24) is 19.8 Å². The normalized spacial score (nSPS) is 15.0. The Morgan fingerprint density at radius 1 is 0.339 bits per heavy atom. The Morgan fingerprint density at radius 3 is 0.887 bits per heavy atom. The van der Waals surface area contributed by atoms with E-state index in [1.165, 1.54) is 74.9 Å². The Morgan fingerprint density at radius 2 is 0.621 bits per heavy atom. The molecule has 2 saturated heterocycles. The highest BCUT2D eigenvalue weighted by atomic mass is 16.6. The molecule has 2 aromatic heterocycles. The van der Waals surface area contributed by atoms with E-state index < -0.39 is 74.2 Å². The second-order valence-electron chi connectivity index (χ2n) is 30.2. The van der Waals surface area contributed by atoms with Gasteiger partial charge in [0.15, 0.2) is 0 Å². The third-order valence-corrected chi connectivity index (χ3v) is 22.2. The molecule has 4 aliphatic heterocycles. The van der Waals surface area contributed by atoms with Gasteiger partial charge in [-0.25, -0.2) is 9.97 Å². The van der Waals surface area contributed by atoms with Crippen LogP contribution in [0.1, 0.15) is 41.4 Å². The number of pyridine rings is 2. The summed E-state index contributed by atoms with van der Waals surface area (Å²) in [5.41, 5.74) is 5.93. The van der Waals surface area contributed by atoms with Crippen molar-refractivity contribution >= 4 is 90.2 Å². The van der Waals surface area contributed by atoms with E-state index in [0.29, 0.717) is 24.7 Å². The van der Waals surface area contributed by atoms with E-state index >= 15 is 28.8 Å². The van der Waals surface area contributed by atoms with Crippen LogP contribution >= 0.6 is 0 Å². The molecular weight excluding hydrogens is 1570 g/mol. The number of anilines is 2. The lowest BCUT2D eigenvalue weighted by molar-refractivity contribution is -0.125. The number of imide groups is 2. The highest BCUT2D eigenvalue weighted by Gasteiger charge is 2.48. The molecule has 24 nitrogen and oxygen atoms in total. The van der Waals surface area contributed by atoms with E-state index in [9.17, 15) is 0 Å². The maximum atomic E-state index is 17.0. The number of hydrogen-bond acceptors (Lipinski definition) is 20. The lowest BCUT2D eigenvalue weighted by Crippen LogP contribution is -2.57. The minimum Gasteiger partial charge on any atom is -0.491 e. The van der Waals surface area contributed by atoms with Gasteiger partial charge >= 0.3 is 0 Å². The number of ether oxygens (including phenoxy) is 12. The number of rotatable bonds is 32. The van der Waals surface area contributed by atoms with Crippen LogP contribution in [0.15, 0.2) is 279 Å². The smallest absolute Gasteiger partial charge is 0.262 e. The molecule has 0 N–H and O–H groups in total. The Kier molecular flexibility index (Phi) is 21.7. The molecule has 13 aromatic carbocycles. The number of aromatic nitrogens is 2. The first kappa shape index (κ1) is 79.1. The molecule has 6 heterocycles. The molecule has 4 aliphatic rings. The minimum atomic E-state index is -1.73. The van der Waals surface area contributed by atoms with Crippen molar-refractivity contribution in [2.45, 2.75) is 24.3 Å². The largest absolute Gasteiger partial charge is 0.491 e. The number of methoxy groups -OCH3 is 4. The standard InChI is InChI=1S/C100H78N6O18/c1-113-55-79(99(111)103(57-115-3)85-45-67(37-39-101-85)117-51-73-53-119-73)105-95(107)75-47-81(121-69-33-17-29-63(41-69)59-21-9-5-10-22-59)89-91-83(123-71-35-19-31-65(43-71)61-25-13-7-14-26-61)49-77-88-78(98(110)106(97(77)109)80(56-114-2)100(112)104(58-116-4)86-46-68(38-40-102-86)118-52-74-54-120-74)50-84(124-72-36-20-32-66(44-72)62-27-15-8-16-28-62)92(94(88)91)90-82(48-76(96(105)108)87(75)93(89)90)122-70-34-18-30-64(42-70)60-23-11-6-12-24-60/h5-50,73-74,79-80H,51-58H2,1-4H3. The van der Waals surface area contributed by atoms with Crippen molar-refractivity contribution < 1.29 is 85.6 Å². The lowest BCUT2D eigenvalue weighted by atomic mass is 9.80. The van der Waals surface area contributed by atoms with E-state index in [4.69, 9.17) is 56.8 Å². The molecule has 0 radical (unpaired) electrons. The van der Waals surface area contributed by atoms with E-state index in [2.05, 4.69) is 9.97 Å². The summed E-state index contributed by atoms with van der Waals surface area (Å²) in [4.78, 5) is 113. The van der Waals surface area contributed by atoms with Crippen LogP contribution in [-0.4, -0.2) is 161 Å². The van der Waals surface area contributed by atoms with E-state index in [0.717, 1.165) is 54.3 Å². The molecule has 0 spiro atoms. The maximum Gasteiger partial charge on any atom is 0.262 e. The van der Waals surface area contributed by atoms with Gasteiger partial charge in [0.2, 0.25) is 0 Å². The van der Waals surface area contributed by atoms with Crippen molar-refractivity contribution in [2.75, 3.05) is 91.3 Å². The second-order valence-corrected chi connectivity index (χ2v) is 30.2. The van der Waals surface area contributed by atoms with Gasteiger partial charge in [0.05, 0.1) is 48.7 Å². The Hall–Kier alpha value is -14.8. The molecule has 0 saturated carbocycles. The van der Waals surface area contributed by atoms with Crippen LogP contribution in [0.4, 0.5) is 11.6 Å². The zero-order valence-corrected chi connectivity index (χ0v) is 67.6. The lowest BCUT2D eigenvalue weighted by Gasteiger charge is -2.37. The van der Waals surface area contributed by atoms with E-state index in [1.54, 1.807) is 48.5 Å². The van der Waals surface area contributed by atoms with Crippen LogP contribution in [0.5, 0.6) is 57.5 Å². The van der Waals surface area contributed by atoms with E-state index in [1.807, 2.05) is 194 Å². The first-order chi connectivity index (χ1) is 60.8. The fourth-order valence-electron chi connectivity index (χ4n) is 16.3. The first-order valence-corrected chi connectivity index (χ1v) is 40.2. The average Bonchev–Trinajstić information content (AvgIpc) is 1.66. The first-order valence-electron chi connectivity index (χ1n) is 40.2. The fraction of sp³-hybridized carbons (Fsp3) is 0.160. The van der Waals surface area contributed by atoms with Gasteiger partial charge in [-0.2, -0.15) is 0 Å². The number of amides is 6. The summed E-state index contributed by atoms with van der Waals surface area (Å²) in [6.07, 6.45) is 2.73. The molecule has 616 valence electrons. The van der Waals surface area contributed by atoms with Gasteiger partial charge < -0.3 is 56.8 Å². The summed E-state index contributed by atoms with van der Waals surface area (Å²) >= 11 is 0. The monoisotopic (exact) mass is 1650 g/mol. The summed E-state index contributed by atoms with van der Waals surface area (Å²) in [6.45, 7) is -0.321. The quantitative estimate of drug-likeness (QED) is 0.0125. The Balaban J connectivity index is 0.923. The van der Waals surface area contributed by atoms with Crippen molar-refractivity contribution in [3.8, 4) is 102 Å². The third-order valence-electron chi connectivity index (χ3n) is 22.2. The zero-order valence-electron chi connectivity index (χ0n) is 67.6. The molecule has 124 heavy (non-hydrogen) atoms. The molecule has 19 rings (SSSR count). The number of carbonyl (C=O) groups excluding carboxylic acids is 6. The Bertz CT molecular complexity index is 5980. The predicted octanol–water partition coefficient (Wildman–Crippen LogP) is 18.4. The molecule has 15 aromatic rings. The highest BCUT2D eigenvalue weighted by Crippen LogP contribution is 2.59. The molecule has 0 aliphatic carbocycles. The van der Waals surface area contributed by atoms with Gasteiger partial charge in [-0.15, -0.1) is 0 Å². The topological polar surface area (TPSA) is 259 Å². The number of carbonyl (C=O) groups is 6. The van der Waals surface area contributed by atoms with Crippen molar-refractivity contribution in [2.24, 2.45) is 0 Å². The maximum absolute atomic E-state index is 17.0. The number of fused-ring (bicyclic) bond motifs is 2. The van der Waals surface area contributed by atoms with E-state index in [-0.39, 0.29) is 148 Å².